The Bertz CT molecular complexity index is 1740. The number of H-pyrrole nitrogens is 1. The number of hydrogen-bond acceptors (Lipinski definition) is 7. The minimum Gasteiger partial charge on any atom is -0.455 e. The van der Waals surface area contributed by atoms with Crippen LogP contribution in [0.1, 0.15) is 26.5 Å². The highest BCUT2D eigenvalue weighted by molar-refractivity contribution is 5.99. The highest BCUT2D eigenvalue weighted by Gasteiger charge is 2.21. The normalized spacial score (nSPS) is 11.4. The van der Waals surface area contributed by atoms with Gasteiger partial charge in [0.2, 0.25) is 0 Å². The molecule has 13 heteroatoms. The molecule has 39 heavy (non-hydrogen) atoms. The molecule has 0 saturated carbocycles. The Labute approximate surface area is 220 Å². The Kier molecular flexibility index (Phi) is 6.40. The average molecular weight is 531 g/mol. The number of aromatic amines is 1. The zero-order valence-electron chi connectivity index (χ0n) is 21.1. The molecule has 0 bridgehead atoms. The first kappa shape index (κ1) is 25.3. The number of fused-ring (bicyclic) bond motifs is 1. The molecule has 5 rings (SSSR count). The number of anilines is 2. The fourth-order valence-corrected chi connectivity index (χ4v) is 3.60. The summed E-state index contributed by atoms with van der Waals surface area (Å²) in [6.07, 6.45) is 6.51. The predicted molar refractivity (Wildman–Crippen MR) is 138 cm³/mol. The van der Waals surface area contributed by atoms with Gasteiger partial charge in [0.1, 0.15) is 29.1 Å². The van der Waals surface area contributed by atoms with Gasteiger partial charge in [-0.1, -0.05) is 32.9 Å². The number of halogens is 1. The molecule has 4 heterocycles. The molecular weight excluding hydrogens is 507 g/mol. The van der Waals surface area contributed by atoms with Gasteiger partial charge in [-0.25, -0.2) is 19.2 Å². The Balaban J connectivity index is 1.34. The van der Waals surface area contributed by atoms with E-state index >= 15 is 0 Å². The number of hydrogen-bond donors (Lipinski definition) is 4. The smallest absolute Gasteiger partial charge is 0.324 e. The zero-order valence-corrected chi connectivity index (χ0v) is 21.1. The lowest BCUT2D eigenvalue weighted by atomic mass is 9.92. The summed E-state index contributed by atoms with van der Waals surface area (Å²) in [5.74, 6) is 0.00334. The van der Waals surface area contributed by atoms with Gasteiger partial charge in [-0.3, -0.25) is 14.8 Å². The molecule has 12 nitrogen and oxygen atoms in total. The van der Waals surface area contributed by atoms with E-state index in [1.165, 1.54) is 41.3 Å². The molecule has 0 spiro atoms. The van der Waals surface area contributed by atoms with Crippen LogP contribution in [-0.4, -0.2) is 36.0 Å². The molecule has 0 aliphatic carbocycles. The van der Waals surface area contributed by atoms with Crippen LogP contribution in [0.25, 0.3) is 16.9 Å². The van der Waals surface area contributed by atoms with E-state index in [0.717, 1.165) is 17.0 Å². The summed E-state index contributed by atoms with van der Waals surface area (Å²) >= 11 is 0. The number of carbonyl (C=O) groups is 1. The minimum atomic E-state index is -0.739. The molecule has 198 valence electrons. The van der Waals surface area contributed by atoms with E-state index in [4.69, 9.17) is 4.74 Å². The molecule has 4 aromatic heterocycles. The van der Waals surface area contributed by atoms with Gasteiger partial charge in [0, 0.05) is 29.8 Å². The van der Waals surface area contributed by atoms with Crippen LogP contribution in [0.3, 0.4) is 0 Å². The van der Waals surface area contributed by atoms with Crippen LogP contribution in [0.5, 0.6) is 11.5 Å². The van der Waals surface area contributed by atoms with Crippen LogP contribution in [0, 0.1) is 12.0 Å². The van der Waals surface area contributed by atoms with Crippen molar-refractivity contribution >= 4 is 28.7 Å². The molecule has 0 saturated heterocycles. The average Bonchev–Trinajstić information content (AvgIpc) is 3.30. The number of carbonyl (C=O) groups excluding carboxylic acids is 1. The van der Waals surface area contributed by atoms with E-state index in [-0.39, 0.29) is 28.2 Å². The third-order valence-corrected chi connectivity index (χ3v) is 5.55. The molecule has 5 aromatic rings. The first-order valence-electron chi connectivity index (χ1n) is 11.7. The third kappa shape index (κ3) is 5.51. The third-order valence-electron chi connectivity index (χ3n) is 5.55. The van der Waals surface area contributed by atoms with E-state index in [9.17, 15) is 19.2 Å². The SMILES string of the molecule is CC(C)(C)c1cc(NC(=O)Nc2ccc(Oc3ccnc4[nH]c(=O)cnc34)cc2F)n(-c2c[c-][n+](O)cc2)n1. The molecule has 0 radical (unpaired) electrons. The molecule has 1 aromatic carbocycles. The number of aromatic nitrogens is 6. The van der Waals surface area contributed by atoms with Crippen molar-refractivity contribution in [3.8, 4) is 17.2 Å². The summed E-state index contributed by atoms with van der Waals surface area (Å²) in [7, 11) is 0. The fourth-order valence-electron chi connectivity index (χ4n) is 3.60. The van der Waals surface area contributed by atoms with Crippen LogP contribution in [0.4, 0.5) is 20.7 Å². The van der Waals surface area contributed by atoms with Crippen molar-refractivity contribution in [1.29, 1.82) is 0 Å². The lowest BCUT2D eigenvalue weighted by Gasteiger charge is -2.15. The number of pyridine rings is 2. The van der Waals surface area contributed by atoms with Crippen molar-refractivity contribution in [3.63, 3.8) is 0 Å². The van der Waals surface area contributed by atoms with Crippen LogP contribution in [0.2, 0.25) is 0 Å². The first-order valence-corrected chi connectivity index (χ1v) is 11.7. The van der Waals surface area contributed by atoms with Gasteiger partial charge >= 0.3 is 6.03 Å². The van der Waals surface area contributed by atoms with Crippen LogP contribution in [0.15, 0.2) is 65.8 Å². The van der Waals surface area contributed by atoms with Gasteiger partial charge in [-0.2, -0.15) is 5.10 Å². The highest BCUT2D eigenvalue weighted by atomic mass is 19.1. The summed E-state index contributed by atoms with van der Waals surface area (Å²) in [6, 6.07) is 9.58. The topological polar surface area (TPSA) is 151 Å². The number of rotatable bonds is 5. The predicted octanol–water partition coefficient (Wildman–Crippen LogP) is 3.70. The van der Waals surface area contributed by atoms with E-state index < -0.39 is 17.4 Å². The van der Waals surface area contributed by atoms with Gasteiger partial charge in [0.15, 0.2) is 17.6 Å². The van der Waals surface area contributed by atoms with Gasteiger partial charge in [-0.15, -0.1) is 4.73 Å². The molecule has 0 atom stereocenters. The molecule has 2 amide bonds. The van der Waals surface area contributed by atoms with Crippen molar-refractivity contribution in [2.24, 2.45) is 0 Å². The lowest BCUT2D eigenvalue weighted by molar-refractivity contribution is -0.907. The quantitative estimate of drug-likeness (QED) is 0.154. The second-order valence-electron chi connectivity index (χ2n) is 9.51. The monoisotopic (exact) mass is 530 g/mol. The van der Waals surface area contributed by atoms with Gasteiger partial charge in [0.25, 0.3) is 5.56 Å². The molecule has 0 fully saturated rings. The van der Waals surface area contributed by atoms with Crippen molar-refractivity contribution < 1.29 is 23.9 Å². The number of amides is 2. The Morgan fingerprint density at radius 3 is 2.72 bits per heavy atom. The summed E-state index contributed by atoms with van der Waals surface area (Å²) in [6.45, 7) is 5.93. The molecule has 4 N–H and O–H groups in total. The maximum atomic E-state index is 14.9. The van der Waals surface area contributed by atoms with E-state index in [2.05, 4.69) is 36.9 Å². The lowest BCUT2D eigenvalue weighted by Crippen LogP contribution is -2.29. The van der Waals surface area contributed by atoms with E-state index in [0.29, 0.717) is 22.7 Å². The molecular formula is C26H23FN8O4. The molecule has 0 aliphatic heterocycles. The Hall–Kier alpha value is -5.33. The Morgan fingerprint density at radius 1 is 1.18 bits per heavy atom. The number of benzene rings is 1. The van der Waals surface area contributed by atoms with Crippen molar-refractivity contribution in [2.75, 3.05) is 10.6 Å². The van der Waals surface area contributed by atoms with Gasteiger partial charge in [0.05, 0.1) is 17.6 Å². The van der Waals surface area contributed by atoms with E-state index in [1.807, 2.05) is 20.8 Å². The summed E-state index contributed by atoms with van der Waals surface area (Å²) in [5.41, 5.74) is 0.960. The van der Waals surface area contributed by atoms with Crippen molar-refractivity contribution in [2.45, 2.75) is 26.2 Å². The zero-order chi connectivity index (χ0) is 27.7. The maximum absolute atomic E-state index is 14.9. The van der Waals surface area contributed by atoms with E-state index in [1.54, 1.807) is 12.1 Å². The molecule has 0 aliphatic rings. The van der Waals surface area contributed by atoms with Crippen LogP contribution >= 0.6 is 0 Å². The first-order chi connectivity index (χ1) is 18.6. The second kappa shape index (κ2) is 9.85. The fraction of sp³-hybridized carbons (Fsp3) is 0.154. The number of nitrogens with one attached hydrogen (secondary N) is 3. The van der Waals surface area contributed by atoms with Gasteiger partial charge < -0.3 is 20.2 Å². The number of nitrogens with zero attached hydrogens (tertiary/aromatic N) is 5. The number of ether oxygens (including phenoxy) is 1. The number of urea groups is 1. The molecule has 0 unspecified atom stereocenters. The minimum absolute atomic E-state index is 0.0848. The highest BCUT2D eigenvalue weighted by Crippen LogP contribution is 2.29. The summed E-state index contributed by atoms with van der Waals surface area (Å²) < 4.78 is 22.9. The van der Waals surface area contributed by atoms with Crippen molar-refractivity contribution in [3.05, 3.63) is 89.1 Å². The summed E-state index contributed by atoms with van der Waals surface area (Å²) in [5, 5.41) is 19.3. The van der Waals surface area contributed by atoms with Crippen LogP contribution < -0.4 is 25.7 Å². The largest absolute Gasteiger partial charge is 0.455 e. The van der Waals surface area contributed by atoms with Gasteiger partial charge in [-0.05, 0) is 17.8 Å². The standard InChI is InChI=1S/C26H23FN8O4/c1-26(2,3)20-13-21(35(33-20)15-7-10-34(38)11-8-15)31-25(37)30-18-5-4-16(12-17(18)27)39-19-6-9-28-24-23(19)29-14-22(36)32-24/h4-10,12-14,38H,1-3H3,(H,28,32,36)(H2,30,31,37). The summed E-state index contributed by atoms with van der Waals surface area (Å²) in [4.78, 5) is 34.9. The van der Waals surface area contributed by atoms with Crippen LogP contribution in [-0.2, 0) is 5.41 Å². The second-order valence-corrected chi connectivity index (χ2v) is 9.51. The van der Waals surface area contributed by atoms with Crippen molar-refractivity contribution in [1.82, 2.24) is 24.7 Å². The Morgan fingerprint density at radius 2 is 2.00 bits per heavy atom. The maximum Gasteiger partial charge on any atom is 0.324 e.